The zero-order valence-corrected chi connectivity index (χ0v) is 17.6. The molecule has 158 valence electrons. The molecule has 2 heterocycles. The van der Waals surface area contributed by atoms with Crippen LogP contribution < -0.4 is 15.7 Å². The molecule has 31 heavy (non-hydrogen) atoms. The van der Waals surface area contributed by atoms with Crippen LogP contribution in [0.2, 0.25) is 0 Å². The summed E-state index contributed by atoms with van der Waals surface area (Å²) in [6, 6.07) is 16.4. The molecule has 1 N–H and O–H groups in total. The number of hydrogen-bond donors (Lipinski definition) is 1. The molecule has 0 aliphatic rings. The number of methoxy groups -OCH3 is 1. The zero-order chi connectivity index (χ0) is 22.0. The number of carbonyl (C=O) groups is 1. The first-order valence-electron chi connectivity index (χ1n) is 9.97. The molecule has 0 aliphatic heterocycles. The Morgan fingerprint density at radius 1 is 1.13 bits per heavy atom. The van der Waals surface area contributed by atoms with Crippen molar-refractivity contribution in [2.75, 3.05) is 12.4 Å². The predicted molar refractivity (Wildman–Crippen MR) is 119 cm³/mol. The lowest BCUT2D eigenvalue weighted by Crippen LogP contribution is -2.16. The number of nitrogens with zero attached hydrogens (tertiary/aromatic N) is 2. The summed E-state index contributed by atoms with van der Waals surface area (Å²) in [5.41, 5.74) is 3.38. The number of carbonyl (C=O) groups excluding carboxylic acids is 1. The summed E-state index contributed by atoms with van der Waals surface area (Å²) in [7, 11) is 1.52. The fourth-order valence-electron chi connectivity index (χ4n) is 3.61. The zero-order valence-electron chi connectivity index (χ0n) is 17.6. The highest BCUT2D eigenvalue weighted by Crippen LogP contribution is 2.25. The highest BCUT2D eigenvalue weighted by molar-refractivity contribution is 6.12. The number of fused-ring (bicyclic) bond motifs is 1. The van der Waals surface area contributed by atoms with Crippen LogP contribution in [0, 0.1) is 13.8 Å². The molecule has 0 bridgehead atoms. The predicted octanol–water partition coefficient (Wildman–Crippen LogP) is 4.11. The maximum absolute atomic E-state index is 13.1. The highest BCUT2D eigenvalue weighted by Gasteiger charge is 2.18. The van der Waals surface area contributed by atoms with Crippen LogP contribution in [0.25, 0.3) is 11.0 Å². The SMILES string of the molecule is COc1ccc2c(C(=O)Nc3c(C)nn(CCc4ccccc4)c3C)cc(=O)oc2c1. The van der Waals surface area contributed by atoms with Gasteiger partial charge >= 0.3 is 5.63 Å². The first-order chi connectivity index (χ1) is 15.0. The van der Waals surface area contributed by atoms with Crippen LogP contribution in [0.4, 0.5) is 5.69 Å². The molecule has 4 rings (SSSR count). The Balaban J connectivity index is 1.60. The van der Waals surface area contributed by atoms with E-state index in [2.05, 4.69) is 22.5 Å². The van der Waals surface area contributed by atoms with Crippen molar-refractivity contribution in [3.8, 4) is 5.75 Å². The largest absolute Gasteiger partial charge is 0.497 e. The highest BCUT2D eigenvalue weighted by atomic mass is 16.5. The Kier molecular flexibility index (Phi) is 5.58. The van der Waals surface area contributed by atoms with E-state index in [-0.39, 0.29) is 5.56 Å². The Morgan fingerprint density at radius 2 is 1.90 bits per heavy atom. The molecule has 0 fully saturated rings. The van der Waals surface area contributed by atoms with Crippen LogP contribution >= 0.6 is 0 Å². The van der Waals surface area contributed by atoms with Crippen LogP contribution in [-0.2, 0) is 13.0 Å². The summed E-state index contributed by atoms with van der Waals surface area (Å²) in [5, 5.41) is 8.04. The minimum absolute atomic E-state index is 0.240. The van der Waals surface area contributed by atoms with Gasteiger partial charge < -0.3 is 14.5 Å². The second kappa shape index (κ2) is 8.47. The van der Waals surface area contributed by atoms with E-state index in [4.69, 9.17) is 9.15 Å². The maximum atomic E-state index is 13.1. The van der Waals surface area contributed by atoms with E-state index in [9.17, 15) is 9.59 Å². The molecule has 1 amide bonds. The van der Waals surface area contributed by atoms with Crippen molar-refractivity contribution >= 4 is 22.6 Å². The number of ether oxygens (including phenoxy) is 1. The number of benzene rings is 2. The molecule has 0 spiro atoms. The summed E-state index contributed by atoms with van der Waals surface area (Å²) < 4.78 is 12.3. The van der Waals surface area contributed by atoms with Crippen LogP contribution in [0.15, 0.2) is 63.8 Å². The smallest absolute Gasteiger partial charge is 0.337 e. The number of amides is 1. The standard InChI is InChI=1S/C24H23N3O4/c1-15-23(16(2)27(26-15)12-11-17-7-5-4-6-8-17)25-24(29)20-14-22(28)31-21-13-18(30-3)9-10-19(20)21/h4-10,13-14H,11-12H2,1-3H3,(H,25,29). The fraction of sp³-hybridized carbons (Fsp3) is 0.208. The van der Waals surface area contributed by atoms with Crippen molar-refractivity contribution in [3.05, 3.63) is 87.5 Å². The lowest BCUT2D eigenvalue weighted by Gasteiger charge is -2.09. The van der Waals surface area contributed by atoms with E-state index in [1.165, 1.54) is 18.7 Å². The Hall–Kier alpha value is -3.87. The van der Waals surface area contributed by atoms with E-state index in [0.29, 0.717) is 34.6 Å². The van der Waals surface area contributed by atoms with Gasteiger partial charge in [-0.2, -0.15) is 5.10 Å². The quantitative estimate of drug-likeness (QED) is 0.477. The molecule has 0 aliphatic carbocycles. The summed E-state index contributed by atoms with van der Waals surface area (Å²) in [4.78, 5) is 25.1. The van der Waals surface area contributed by atoms with Gasteiger partial charge in [0.25, 0.3) is 5.91 Å². The van der Waals surface area contributed by atoms with Crippen molar-refractivity contribution in [2.24, 2.45) is 0 Å². The maximum Gasteiger partial charge on any atom is 0.337 e. The molecule has 0 atom stereocenters. The van der Waals surface area contributed by atoms with Gasteiger partial charge in [0, 0.05) is 24.1 Å². The topological polar surface area (TPSA) is 86.4 Å². The third-order valence-electron chi connectivity index (χ3n) is 5.27. The number of hydrogen-bond acceptors (Lipinski definition) is 5. The van der Waals surface area contributed by atoms with Crippen LogP contribution in [0.3, 0.4) is 0 Å². The second-order valence-electron chi connectivity index (χ2n) is 7.30. The van der Waals surface area contributed by atoms with Crippen LogP contribution in [-0.4, -0.2) is 22.8 Å². The molecule has 0 unspecified atom stereocenters. The van der Waals surface area contributed by atoms with Gasteiger partial charge in [0.05, 0.1) is 29.7 Å². The summed E-state index contributed by atoms with van der Waals surface area (Å²) in [6.45, 7) is 4.47. The first kappa shape index (κ1) is 20.4. The van der Waals surface area contributed by atoms with Crippen molar-refractivity contribution < 1.29 is 13.9 Å². The Bertz CT molecular complexity index is 1310. The van der Waals surface area contributed by atoms with Gasteiger partial charge in [0.15, 0.2) is 0 Å². The van der Waals surface area contributed by atoms with Gasteiger partial charge in [-0.3, -0.25) is 9.48 Å². The Labute approximate surface area is 179 Å². The number of rotatable bonds is 6. The lowest BCUT2D eigenvalue weighted by atomic mass is 10.1. The van der Waals surface area contributed by atoms with Crippen molar-refractivity contribution in [1.29, 1.82) is 0 Å². The van der Waals surface area contributed by atoms with E-state index in [0.717, 1.165) is 12.1 Å². The number of anilines is 1. The van der Waals surface area contributed by atoms with Gasteiger partial charge in [-0.15, -0.1) is 0 Å². The van der Waals surface area contributed by atoms with E-state index in [1.54, 1.807) is 18.2 Å². The summed E-state index contributed by atoms with van der Waals surface area (Å²) >= 11 is 0. The average molecular weight is 417 g/mol. The van der Waals surface area contributed by atoms with E-state index < -0.39 is 11.5 Å². The van der Waals surface area contributed by atoms with Crippen LogP contribution in [0.5, 0.6) is 5.75 Å². The van der Waals surface area contributed by atoms with Crippen molar-refractivity contribution in [2.45, 2.75) is 26.8 Å². The fourth-order valence-corrected chi connectivity index (χ4v) is 3.61. The molecular formula is C24H23N3O4. The minimum atomic E-state index is -0.599. The molecule has 0 saturated heterocycles. The van der Waals surface area contributed by atoms with Gasteiger partial charge in [-0.1, -0.05) is 30.3 Å². The molecule has 4 aromatic rings. The van der Waals surface area contributed by atoms with Crippen LogP contribution in [0.1, 0.15) is 27.3 Å². The number of aromatic nitrogens is 2. The molecular weight excluding hydrogens is 394 g/mol. The summed E-state index contributed by atoms with van der Waals surface area (Å²) in [5.74, 6) is 0.150. The lowest BCUT2D eigenvalue weighted by molar-refractivity contribution is 0.102. The molecule has 7 heteroatoms. The summed E-state index contributed by atoms with van der Waals surface area (Å²) in [6.07, 6.45) is 0.836. The molecule has 0 radical (unpaired) electrons. The molecule has 0 saturated carbocycles. The van der Waals surface area contributed by atoms with Crippen molar-refractivity contribution in [3.63, 3.8) is 0 Å². The molecule has 2 aromatic carbocycles. The first-order valence-corrected chi connectivity index (χ1v) is 9.97. The molecule has 2 aromatic heterocycles. The monoisotopic (exact) mass is 417 g/mol. The van der Waals surface area contributed by atoms with E-state index >= 15 is 0 Å². The van der Waals surface area contributed by atoms with Gasteiger partial charge in [0.2, 0.25) is 0 Å². The number of aryl methyl sites for hydroxylation is 3. The second-order valence-corrected chi connectivity index (χ2v) is 7.30. The normalized spacial score (nSPS) is 10.9. The third kappa shape index (κ3) is 4.21. The van der Waals surface area contributed by atoms with E-state index in [1.807, 2.05) is 36.7 Å². The average Bonchev–Trinajstić information content (AvgIpc) is 3.04. The van der Waals surface area contributed by atoms with Gasteiger partial charge in [-0.25, -0.2) is 4.79 Å². The van der Waals surface area contributed by atoms with Gasteiger partial charge in [-0.05, 0) is 38.0 Å². The molecule has 7 nitrogen and oxygen atoms in total. The van der Waals surface area contributed by atoms with Crippen molar-refractivity contribution in [1.82, 2.24) is 9.78 Å². The minimum Gasteiger partial charge on any atom is -0.497 e. The number of nitrogens with one attached hydrogen (secondary N) is 1. The van der Waals surface area contributed by atoms with Gasteiger partial charge in [0.1, 0.15) is 11.3 Å². The Morgan fingerprint density at radius 3 is 2.65 bits per heavy atom. The third-order valence-corrected chi connectivity index (χ3v) is 5.27.